The monoisotopic (exact) mass is 381 g/mol. The highest BCUT2D eigenvalue weighted by atomic mass is 32.2. The topological polar surface area (TPSA) is 55.2 Å². The zero-order chi connectivity index (χ0) is 19.0. The predicted octanol–water partition coefficient (Wildman–Crippen LogP) is 4.27. The summed E-state index contributed by atoms with van der Waals surface area (Å²) < 4.78 is 30.6. The van der Waals surface area contributed by atoms with E-state index in [0.29, 0.717) is 12.2 Å². The minimum absolute atomic E-state index is 0.0741. The molecule has 0 spiro atoms. The summed E-state index contributed by atoms with van der Waals surface area (Å²) >= 11 is 0. The molecule has 0 fully saturated rings. The first-order chi connectivity index (χ1) is 13.0. The molecule has 0 radical (unpaired) electrons. The van der Waals surface area contributed by atoms with Crippen LogP contribution >= 0.6 is 0 Å². The maximum Gasteiger partial charge on any atom is 0.268 e. The van der Waals surface area contributed by atoms with Crippen LogP contribution in [0.25, 0.3) is 11.3 Å². The SMILES string of the molecule is CC(C)n1cc(S(=O)(=O)N2CCCc3ccccc32)c(-c2ccccc2)n1. The average molecular weight is 382 g/mol. The molecule has 0 N–H and O–H groups in total. The van der Waals surface area contributed by atoms with Gasteiger partial charge in [-0.1, -0.05) is 48.5 Å². The van der Waals surface area contributed by atoms with Crippen LogP contribution in [0.4, 0.5) is 5.69 Å². The van der Waals surface area contributed by atoms with Gasteiger partial charge >= 0.3 is 0 Å². The van der Waals surface area contributed by atoms with Crippen LogP contribution in [0.3, 0.4) is 0 Å². The third-order valence-electron chi connectivity index (χ3n) is 4.91. The number of benzene rings is 2. The van der Waals surface area contributed by atoms with Crippen molar-refractivity contribution in [1.82, 2.24) is 9.78 Å². The smallest absolute Gasteiger partial charge is 0.268 e. The Morgan fingerprint density at radius 2 is 1.70 bits per heavy atom. The van der Waals surface area contributed by atoms with Gasteiger partial charge in [0.05, 0.1) is 5.69 Å². The molecule has 27 heavy (non-hydrogen) atoms. The van der Waals surface area contributed by atoms with Crippen LogP contribution in [-0.4, -0.2) is 24.7 Å². The van der Waals surface area contributed by atoms with Gasteiger partial charge in [0.15, 0.2) is 0 Å². The first-order valence-electron chi connectivity index (χ1n) is 9.23. The van der Waals surface area contributed by atoms with E-state index >= 15 is 0 Å². The number of hydrogen-bond donors (Lipinski definition) is 0. The first-order valence-corrected chi connectivity index (χ1v) is 10.7. The van der Waals surface area contributed by atoms with Crippen LogP contribution in [0.15, 0.2) is 65.7 Å². The summed E-state index contributed by atoms with van der Waals surface area (Å²) in [5, 5.41) is 4.61. The van der Waals surface area contributed by atoms with E-state index in [-0.39, 0.29) is 10.9 Å². The lowest BCUT2D eigenvalue weighted by Gasteiger charge is -2.30. The highest BCUT2D eigenvalue weighted by Crippen LogP contribution is 2.35. The molecule has 6 heteroatoms. The van der Waals surface area contributed by atoms with Gasteiger partial charge in [-0.05, 0) is 38.3 Å². The summed E-state index contributed by atoms with van der Waals surface area (Å²) in [6.45, 7) is 4.48. The fourth-order valence-electron chi connectivity index (χ4n) is 3.49. The van der Waals surface area contributed by atoms with E-state index < -0.39 is 10.0 Å². The Kier molecular flexibility index (Phi) is 4.52. The number of fused-ring (bicyclic) bond motifs is 1. The lowest BCUT2D eigenvalue weighted by atomic mass is 10.0. The van der Waals surface area contributed by atoms with Crippen molar-refractivity contribution >= 4 is 15.7 Å². The van der Waals surface area contributed by atoms with Gasteiger partial charge in [-0.15, -0.1) is 0 Å². The second kappa shape index (κ2) is 6.85. The molecule has 4 rings (SSSR count). The molecular formula is C21H23N3O2S. The van der Waals surface area contributed by atoms with Gasteiger partial charge in [-0.2, -0.15) is 5.10 Å². The van der Waals surface area contributed by atoms with Gasteiger partial charge < -0.3 is 0 Å². The quantitative estimate of drug-likeness (QED) is 0.678. The standard InChI is InChI=1S/C21H23N3O2S/c1-16(2)23-15-20(21(22-23)18-10-4-3-5-11-18)27(25,26)24-14-8-12-17-9-6-7-13-19(17)24/h3-7,9-11,13,15-16H,8,12,14H2,1-2H3. The number of nitrogens with zero attached hydrogens (tertiary/aromatic N) is 3. The number of hydrogen-bond acceptors (Lipinski definition) is 3. The molecule has 140 valence electrons. The number of aromatic nitrogens is 2. The van der Waals surface area contributed by atoms with Crippen molar-refractivity contribution in [2.75, 3.05) is 10.8 Å². The normalized spacial score (nSPS) is 14.4. The lowest BCUT2D eigenvalue weighted by molar-refractivity contribution is 0.532. The molecule has 1 aromatic heterocycles. The molecule has 1 aliphatic heterocycles. The van der Waals surface area contributed by atoms with Crippen LogP contribution in [-0.2, 0) is 16.4 Å². The van der Waals surface area contributed by atoms with Crippen molar-refractivity contribution in [1.29, 1.82) is 0 Å². The Hall–Kier alpha value is -2.60. The van der Waals surface area contributed by atoms with E-state index in [1.165, 1.54) is 0 Å². The van der Waals surface area contributed by atoms with E-state index in [4.69, 9.17) is 0 Å². The minimum Gasteiger partial charge on any atom is -0.268 e. The van der Waals surface area contributed by atoms with Crippen molar-refractivity contribution in [2.24, 2.45) is 0 Å². The molecule has 5 nitrogen and oxygen atoms in total. The number of anilines is 1. The largest absolute Gasteiger partial charge is 0.268 e. The summed E-state index contributed by atoms with van der Waals surface area (Å²) in [6.07, 6.45) is 3.38. The van der Waals surface area contributed by atoms with Crippen molar-refractivity contribution < 1.29 is 8.42 Å². The maximum absolute atomic E-state index is 13.7. The summed E-state index contributed by atoms with van der Waals surface area (Å²) in [5.74, 6) is 0. The van der Waals surface area contributed by atoms with Gasteiger partial charge in [0.25, 0.3) is 10.0 Å². The van der Waals surface area contributed by atoms with Crippen LogP contribution in [0.5, 0.6) is 0 Å². The van der Waals surface area contributed by atoms with Gasteiger partial charge in [0.2, 0.25) is 0 Å². The Morgan fingerprint density at radius 3 is 2.44 bits per heavy atom. The Morgan fingerprint density at radius 1 is 1.00 bits per heavy atom. The molecule has 0 saturated heterocycles. The third-order valence-corrected chi connectivity index (χ3v) is 6.72. The average Bonchev–Trinajstić information content (AvgIpc) is 3.15. The fraction of sp³-hybridized carbons (Fsp3) is 0.286. The van der Waals surface area contributed by atoms with Crippen LogP contribution in [0.1, 0.15) is 31.9 Å². The number of para-hydroxylation sites is 1. The Balaban J connectivity index is 1.88. The van der Waals surface area contributed by atoms with E-state index in [0.717, 1.165) is 29.7 Å². The summed E-state index contributed by atoms with van der Waals surface area (Å²) in [7, 11) is -3.72. The number of sulfonamides is 1. The van der Waals surface area contributed by atoms with E-state index in [1.54, 1.807) is 15.2 Å². The Bertz CT molecular complexity index is 1060. The van der Waals surface area contributed by atoms with Gasteiger partial charge in [0, 0.05) is 24.3 Å². The summed E-state index contributed by atoms with van der Waals surface area (Å²) in [5.41, 5.74) is 3.16. The van der Waals surface area contributed by atoms with Crippen molar-refractivity contribution in [2.45, 2.75) is 37.6 Å². The molecule has 0 saturated carbocycles. The molecule has 2 aromatic carbocycles. The first kappa shape index (κ1) is 17.8. The number of aryl methyl sites for hydroxylation is 1. The molecule has 0 aliphatic carbocycles. The van der Waals surface area contributed by atoms with Gasteiger partial charge in [-0.25, -0.2) is 8.42 Å². The molecule has 1 aliphatic rings. The molecule has 0 atom stereocenters. The highest BCUT2D eigenvalue weighted by molar-refractivity contribution is 7.93. The zero-order valence-electron chi connectivity index (χ0n) is 15.5. The lowest BCUT2D eigenvalue weighted by Crippen LogP contribution is -2.35. The van der Waals surface area contributed by atoms with Crippen molar-refractivity contribution in [3.05, 3.63) is 66.4 Å². The molecule has 0 bridgehead atoms. The van der Waals surface area contributed by atoms with Crippen LogP contribution in [0.2, 0.25) is 0 Å². The highest BCUT2D eigenvalue weighted by Gasteiger charge is 2.33. The third kappa shape index (κ3) is 3.14. The molecule has 2 heterocycles. The number of rotatable bonds is 4. The summed E-state index contributed by atoms with van der Waals surface area (Å²) in [6, 6.07) is 17.3. The van der Waals surface area contributed by atoms with Crippen LogP contribution < -0.4 is 4.31 Å². The maximum atomic E-state index is 13.7. The fourth-order valence-corrected chi connectivity index (χ4v) is 5.18. The Labute approximate surface area is 160 Å². The van der Waals surface area contributed by atoms with Gasteiger partial charge in [0.1, 0.15) is 10.6 Å². The van der Waals surface area contributed by atoms with E-state index in [2.05, 4.69) is 5.10 Å². The molecule has 0 amide bonds. The van der Waals surface area contributed by atoms with Crippen molar-refractivity contribution in [3.63, 3.8) is 0 Å². The molecule has 0 unspecified atom stereocenters. The predicted molar refractivity (Wildman–Crippen MR) is 107 cm³/mol. The summed E-state index contributed by atoms with van der Waals surface area (Å²) in [4.78, 5) is 0.263. The van der Waals surface area contributed by atoms with E-state index in [1.807, 2.05) is 68.4 Å². The van der Waals surface area contributed by atoms with Gasteiger partial charge in [-0.3, -0.25) is 8.99 Å². The van der Waals surface area contributed by atoms with E-state index in [9.17, 15) is 8.42 Å². The van der Waals surface area contributed by atoms with Crippen molar-refractivity contribution in [3.8, 4) is 11.3 Å². The molecular weight excluding hydrogens is 358 g/mol. The second-order valence-electron chi connectivity index (χ2n) is 7.09. The zero-order valence-corrected chi connectivity index (χ0v) is 16.4. The second-order valence-corrected chi connectivity index (χ2v) is 8.92. The molecule has 3 aromatic rings. The minimum atomic E-state index is -3.72. The van der Waals surface area contributed by atoms with Crippen LogP contribution in [0, 0.1) is 0 Å².